The zero-order chi connectivity index (χ0) is 29.6. The van der Waals surface area contributed by atoms with Crippen LogP contribution in [0.15, 0.2) is 36.4 Å². The molecule has 4 heterocycles. The molecule has 8 nitrogen and oxygen atoms in total. The minimum absolute atomic E-state index is 0.0428. The maximum absolute atomic E-state index is 13.0. The van der Waals surface area contributed by atoms with Gasteiger partial charge in [0.15, 0.2) is 0 Å². The number of hydrogen-bond donors (Lipinski definition) is 2. The van der Waals surface area contributed by atoms with E-state index in [-0.39, 0.29) is 18.3 Å². The second-order valence-electron chi connectivity index (χ2n) is 13.3. The predicted molar refractivity (Wildman–Crippen MR) is 171 cm³/mol. The van der Waals surface area contributed by atoms with E-state index in [0.29, 0.717) is 11.8 Å². The van der Waals surface area contributed by atoms with Gasteiger partial charge >= 0.3 is 5.97 Å². The summed E-state index contributed by atoms with van der Waals surface area (Å²) in [6.45, 7) is 7.03. The normalized spacial score (nSPS) is 22.2. The van der Waals surface area contributed by atoms with Crippen LogP contribution in [0.3, 0.4) is 0 Å². The van der Waals surface area contributed by atoms with Crippen LogP contribution in [-0.4, -0.2) is 84.1 Å². The van der Waals surface area contributed by atoms with Gasteiger partial charge in [-0.25, -0.2) is 4.98 Å². The first-order valence-corrected chi connectivity index (χ1v) is 16.8. The van der Waals surface area contributed by atoms with Crippen molar-refractivity contribution in [1.82, 2.24) is 14.8 Å². The van der Waals surface area contributed by atoms with Crippen molar-refractivity contribution in [3.05, 3.63) is 53.2 Å². The molecule has 2 unspecified atom stereocenters. The number of pyridine rings is 1. The number of piperazine rings is 1. The number of aromatic nitrogens is 1. The largest absolute Gasteiger partial charge is 0.481 e. The minimum atomic E-state index is -0.743. The van der Waals surface area contributed by atoms with Crippen molar-refractivity contribution in [3.63, 3.8) is 0 Å². The number of benzene rings is 1. The van der Waals surface area contributed by atoms with Crippen LogP contribution in [0.4, 0.5) is 11.5 Å². The summed E-state index contributed by atoms with van der Waals surface area (Å²) in [5, 5.41) is 13.2. The summed E-state index contributed by atoms with van der Waals surface area (Å²) in [5.74, 6) is 1.49. The predicted octanol–water partition coefficient (Wildman–Crippen LogP) is 5.18. The molecule has 43 heavy (non-hydrogen) atoms. The monoisotopic (exact) mass is 587 g/mol. The molecule has 2 saturated heterocycles. The number of carbonyl (C=O) groups excluding carboxylic acids is 1. The zero-order valence-electron chi connectivity index (χ0n) is 25.7. The summed E-state index contributed by atoms with van der Waals surface area (Å²) >= 11 is 0. The number of carbonyl (C=O) groups is 2. The molecule has 1 aliphatic carbocycles. The minimum Gasteiger partial charge on any atom is -0.481 e. The van der Waals surface area contributed by atoms with Gasteiger partial charge in [-0.05, 0) is 86.7 Å². The average Bonchev–Trinajstić information content (AvgIpc) is 3.50. The second-order valence-corrected chi connectivity index (χ2v) is 13.3. The Morgan fingerprint density at radius 2 is 1.81 bits per heavy atom. The van der Waals surface area contributed by atoms with Crippen LogP contribution in [-0.2, 0) is 22.4 Å². The number of hydrogen-bond acceptors (Lipinski definition) is 6. The van der Waals surface area contributed by atoms with Gasteiger partial charge in [0.25, 0.3) is 0 Å². The molecule has 1 aromatic heterocycles. The number of aryl methyl sites for hydroxylation is 2. The topological polar surface area (TPSA) is 89.0 Å². The summed E-state index contributed by atoms with van der Waals surface area (Å²) in [5.41, 5.74) is 4.76. The van der Waals surface area contributed by atoms with E-state index >= 15 is 0 Å². The van der Waals surface area contributed by atoms with Gasteiger partial charge in [0.1, 0.15) is 5.82 Å². The molecule has 2 atom stereocenters. The van der Waals surface area contributed by atoms with Crippen molar-refractivity contribution < 1.29 is 14.7 Å². The van der Waals surface area contributed by atoms with E-state index in [4.69, 9.17) is 4.98 Å². The van der Waals surface area contributed by atoms with Crippen molar-refractivity contribution >= 4 is 23.4 Å². The molecule has 1 amide bonds. The fraction of sp³-hybridized carbons (Fsp3) is 0.629. The number of carboxylic acid groups (broad SMARTS) is 1. The van der Waals surface area contributed by atoms with Gasteiger partial charge in [-0.15, -0.1) is 0 Å². The Labute approximate surface area is 256 Å². The van der Waals surface area contributed by atoms with Crippen LogP contribution in [0.5, 0.6) is 0 Å². The molecular weight excluding hydrogens is 538 g/mol. The third kappa shape index (κ3) is 7.69. The second kappa shape index (κ2) is 14.1. The lowest BCUT2D eigenvalue weighted by atomic mass is 9.88. The highest BCUT2D eigenvalue weighted by Crippen LogP contribution is 2.31. The van der Waals surface area contributed by atoms with E-state index in [1.807, 2.05) is 0 Å². The first-order valence-electron chi connectivity index (χ1n) is 16.8. The maximum Gasteiger partial charge on any atom is 0.304 e. The molecule has 3 fully saturated rings. The van der Waals surface area contributed by atoms with Gasteiger partial charge in [0, 0.05) is 69.0 Å². The number of likely N-dealkylation sites (tertiary alicyclic amines) is 1. The molecule has 8 heteroatoms. The summed E-state index contributed by atoms with van der Waals surface area (Å²) in [6, 6.07) is 13.0. The van der Waals surface area contributed by atoms with Gasteiger partial charge in [-0.1, -0.05) is 37.5 Å². The number of rotatable bonds is 10. The number of nitrogens with zero attached hydrogens (tertiary/aromatic N) is 4. The molecular formula is C35H49N5O3. The highest BCUT2D eigenvalue weighted by molar-refractivity contribution is 5.79. The molecule has 0 spiro atoms. The van der Waals surface area contributed by atoms with Crippen LogP contribution in [0, 0.1) is 11.8 Å². The van der Waals surface area contributed by atoms with Crippen LogP contribution >= 0.6 is 0 Å². The lowest BCUT2D eigenvalue weighted by Crippen LogP contribution is -2.50. The van der Waals surface area contributed by atoms with E-state index in [1.54, 1.807) is 0 Å². The smallest absolute Gasteiger partial charge is 0.304 e. The molecule has 232 valence electrons. The van der Waals surface area contributed by atoms with E-state index in [0.717, 1.165) is 108 Å². The Morgan fingerprint density at radius 3 is 2.63 bits per heavy atom. The number of carboxylic acids is 1. The van der Waals surface area contributed by atoms with Gasteiger partial charge in [0.2, 0.25) is 5.91 Å². The van der Waals surface area contributed by atoms with Crippen LogP contribution in [0.2, 0.25) is 0 Å². The third-order valence-corrected chi connectivity index (χ3v) is 10.3. The summed E-state index contributed by atoms with van der Waals surface area (Å²) < 4.78 is 0. The highest BCUT2D eigenvalue weighted by atomic mass is 16.4. The first-order chi connectivity index (χ1) is 21.0. The molecule has 1 saturated carbocycles. The SMILES string of the molecule is O=C(O)CC(CN1CCC(CCc2ccc3c(n2)NCCC3)C1)c1cccc(N2CCN(C(=O)C3CCCCC3)CC2)c1. The quantitative estimate of drug-likeness (QED) is 0.396. The maximum atomic E-state index is 13.0. The number of amides is 1. The average molecular weight is 588 g/mol. The number of fused-ring (bicyclic) bond motifs is 1. The number of aliphatic carboxylic acids is 1. The first kappa shape index (κ1) is 29.9. The van der Waals surface area contributed by atoms with Gasteiger partial charge in [0.05, 0.1) is 6.42 Å². The molecule has 6 rings (SSSR count). The summed E-state index contributed by atoms with van der Waals surface area (Å²) in [4.78, 5) is 36.8. The van der Waals surface area contributed by atoms with Crippen molar-refractivity contribution in [2.75, 3.05) is 62.6 Å². The Balaban J connectivity index is 1.02. The number of anilines is 2. The third-order valence-electron chi connectivity index (χ3n) is 10.3. The van der Waals surface area contributed by atoms with Gasteiger partial charge in [-0.2, -0.15) is 0 Å². The highest BCUT2D eigenvalue weighted by Gasteiger charge is 2.30. The summed E-state index contributed by atoms with van der Waals surface area (Å²) in [6.07, 6.45) is 11.4. The summed E-state index contributed by atoms with van der Waals surface area (Å²) in [7, 11) is 0. The van der Waals surface area contributed by atoms with E-state index < -0.39 is 5.97 Å². The van der Waals surface area contributed by atoms with Crippen molar-refractivity contribution in [3.8, 4) is 0 Å². The number of nitrogens with one attached hydrogen (secondary N) is 1. The molecule has 4 aliphatic rings. The molecule has 2 aromatic rings. The Hall–Kier alpha value is -3.13. The van der Waals surface area contributed by atoms with Gasteiger partial charge in [-0.3, -0.25) is 9.59 Å². The Kier molecular flexibility index (Phi) is 9.81. The van der Waals surface area contributed by atoms with E-state index in [2.05, 4.69) is 56.4 Å². The fourth-order valence-corrected chi connectivity index (χ4v) is 7.75. The molecule has 3 aliphatic heterocycles. The van der Waals surface area contributed by atoms with E-state index in [1.165, 1.54) is 36.9 Å². The Morgan fingerprint density at radius 1 is 0.977 bits per heavy atom. The van der Waals surface area contributed by atoms with Gasteiger partial charge < -0.3 is 25.1 Å². The van der Waals surface area contributed by atoms with Crippen molar-refractivity contribution in [1.29, 1.82) is 0 Å². The molecule has 1 aromatic carbocycles. The van der Waals surface area contributed by atoms with Crippen molar-refractivity contribution in [2.45, 2.75) is 76.5 Å². The Bertz CT molecular complexity index is 1250. The molecule has 0 bridgehead atoms. The molecule has 2 N–H and O–H groups in total. The van der Waals surface area contributed by atoms with E-state index in [9.17, 15) is 14.7 Å². The zero-order valence-corrected chi connectivity index (χ0v) is 25.7. The molecule has 0 radical (unpaired) electrons. The van der Waals surface area contributed by atoms with Crippen LogP contribution in [0.1, 0.15) is 80.5 Å². The standard InChI is InChI=1S/C35H49N5O3/c41-33(42)23-30(25-38-17-15-26(24-38)11-13-31-14-12-27-9-5-16-36-34(27)37-31)29-8-4-10-32(22-29)39-18-20-40(21-19-39)35(43)28-6-2-1-3-7-28/h4,8,10,12,14,22,26,28,30H,1-3,5-7,9,11,13,15-21,23-25H2,(H,36,37)(H,41,42). The van der Waals surface area contributed by atoms with Crippen LogP contribution in [0.25, 0.3) is 0 Å². The van der Waals surface area contributed by atoms with Crippen LogP contribution < -0.4 is 10.2 Å². The fourth-order valence-electron chi connectivity index (χ4n) is 7.75. The lowest BCUT2D eigenvalue weighted by molar-refractivity contribution is -0.138. The lowest BCUT2D eigenvalue weighted by Gasteiger charge is -2.38. The van der Waals surface area contributed by atoms with Crippen molar-refractivity contribution in [2.24, 2.45) is 11.8 Å².